The maximum atomic E-state index is 13.3. The lowest BCUT2D eigenvalue weighted by Gasteiger charge is -2.28. The molecule has 2 aromatic carbocycles. The summed E-state index contributed by atoms with van der Waals surface area (Å²) in [5.41, 5.74) is 7.55. The molecule has 4 rings (SSSR count). The van der Waals surface area contributed by atoms with Crippen LogP contribution in [0.3, 0.4) is 0 Å². The van der Waals surface area contributed by atoms with Crippen molar-refractivity contribution >= 4 is 5.91 Å². The summed E-state index contributed by atoms with van der Waals surface area (Å²) < 4.78 is 41.7. The van der Waals surface area contributed by atoms with Gasteiger partial charge in [0.1, 0.15) is 11.4 Å². The molecule has 0 saturated carbocycles. The van der Waals surface area contributed by atoms with Gasteiger partial charge in [0.05, 0.1) is 17.3 Å². The number of aromatic hydroxyl groups is 1. The Labute approximate surface area is 170 Å². The van der Waals surface area contributed by atoms with Crippen LogP contribution < -0.4 is 11.1 Å². The van der Waals surface area contributed by atoms with Crippen LogP contribution >= 0.6 is 0 Å². The summed E-state index contributed by atoms with van der Waals surface area (Å²) in [6.45, 7) is 0.775. The van der Waals surface area contributed by atoms with Crippen LogP contribution in [0.25, 0.3) is 22.4 Å². The van der Waals surface area contributed by atoms with E-state index in [-0.39, 0.29) is 17.7 Å². The smallest absolute Gasteiger partial charge is 0.416 e. The zero-order valence-electron chi connectivity index (χ0n) is 15.9. The summed E-state index contributed by atoms with van der Waals surface area (Å²) in [4.78, 5) is 12.6. The topological polar surface area (TPSA) is 80.3 Å². The molecule has 8 heteroatoms. The lowest BCUT2D eigenvalue weighted by Crippen LogP contribution is -2.39. The zero-order chi connectivity index (χ0) is 21.5. The highest BCUT2D eigenvalue weighted by molar-refractivity contribution is 5.98. The summed E-state index contributed by atoms with van der Waals surface area (Å²) in [6, 6.07) is 12.9. The maximum Gasteiger partial charge on any atom is 0.416 e. The first-order chi connectivity index (χ1) is 14.3. The van der Waals surface area contributed by atoms with E-state index >= 15 is 0 Å². The molecule has 1 amide bonds. The van der Waals surface area contributed by atoms with Gasteiger partial charge in [0.25, 0.3) is 5.91 Å². The number of nitrogens with one attached hydrogen (secondary N) is 1. The second-order valence-electron chi connectivity index (χ2n) is 7.23. The normalized spacial score (nSPS) is 16.3. The van der Waals surface area contributed by atoms with Crippen molar-refractivity contribution < 1.29 is 23.1 Å². The molecular weight excluding hydrogens is 395 g/mol. The van der Waals surface area contributed by atoms with Gasteiger partial charge >= 0.3 is 6.18 Å². The number of alkyl halides is 3. The molecule has 1 aliphatic heterocycles. The van der Waals surface area contributed by atoms with Gasteiger partial charge in [-0.05, 0) is 66.6 Å². The third kappa shape index (κ3) is 3.54. The molecule has 0 aliphatic carbocycles. The Morgan fingerprint density at radius 1 is 1.10 bits per heavy atom. The predicted octanol–water partition coefficient (Wildman–Crippen LogP) is 4.18. The number of benzene rings is 2. The van der Waals surface area contributed by atoms with E-state index in [1.54, 1.807) is 24.3 Å². The molecule has 0 saturated heterocycles. The third-order valence-electron chi connectivity index (χ3n) is 5.27. The second kappa shape index (κ2) is 7.53. The Kier molecular flexibility index (Phi) is 5.03. The van der Waals surface area contributed by atoms with Gasteiger partial charge in [0.2, 0.25) is 0 Å². The van der Waals surface area contributed by atoms with E-state index in [9.17, 15) is 23.1 Å². The lowest BCUT2D eigenvalue weighted by molar-refractivity contribution is -0.137. The van der Waals surface area contributed by atoms with Crippen molar-refractivity contribution in [3.05, 3.63) is 65.9 Å². The first-order valence-electron chi connectivity index (χ1n) is 9.50. The third-order valence-corrected chi connectivity index (χ3v) is 5.27. The molecule has 30 heavy (non-hydrogen) atoms. The summed E-state index contributed by atoms with van der Waals surface area (Å²) in [6.07, 6.45) is -3.89. The van der Waals surface area contributed by atoms with Gasteiger partial charge in [-0.15, -0.1) is 0 Å². The number of phenolic OH excluding ortho intramolecular Hbond substituents is 1. The second-order valence-corrected chi connectivity index (χ2v) is 7.23. The number of rotatable bonds is 4. The SMILES string of the molecule is NCCC1CNC(=O)c2cc(-c3cccc(C(F)(F)F)c3)c(-c3ccc(O)cc3)n21. The minimum absolute atomic E-state index is 0.0704. The summed E-state index contributed by atoms with van der Waals surface area (Å²) in [7, 11) is 0. The van der Waals surface area contributed by atoms with Crippen LogP contribution in [-0.2, 0) is 6.18 Å². The molecule has 5 nitrogen and oxygen atoms in total. The van der Waals surface area contributed by atoms with Gasteiger partial charge in [-0.2, -0.15) is 13.2 Å². The van der Waals surface area contributed by atoms with Crippen LogP contribution in [-0.4, -0.2) is 28.7 Å². The number of halogens is 3. The number of carbonyl (C=O) groups excluding carboxylic acids is 1. The lowest BCUT2D eigenvalue weighted by atomic mass is 9.99. The zero-order valence-corrected chi connectivity index (χ0v) is 15.9. The number of carbonyl (C=O) groups is 1. The highest BCUT2D eigenvalue weighted by Gasteiger charge is 2.33. The Morgan fingerprint density at radius 2 is 1.83 bits per heavy atom. The molecule has 0 radical (unpaired) electrons. The van der Waals surface area contributed by atoms with Gasteiger partial charge in [-0.3, -0.25) is 4.79 Å². The highest BCUT2D eigenvalue weighted by Crippen LogP contribution is 2.41. The number of fused-ring (bicyclic) bond motifs is 1. The minimum Gasteiger partial charge on any atom is -0.508 e. The summed E-state index contributed by atoms with van der Waals surface area (Å²) in [5.74, 6) is -0.220. The molecule has 1 atom stereocenters. The fourth-order valence-corrected chi connectivity index (χ4v) is 3.89. The number of hydrogen-bond acceptors (Lipinski definition) is 3. The Morgan fingerprint density at radius 3 is 2.50 bits per heavy atom. The average molecular weight is 415 g/mol. The summed E-state index contributed by atoms with van der Waals surface area (Å²) >= 11 is 0. The Hall–Kier alpha value is -3.26. The van der Waals surface area contributed by atoms with Gasteiger partial charge in [0.15, 0.2) is 0 Å². The number of nitrogens with zero attached hydrogens (tertiary/aromatic N) is 1. The number of phenols is 1. The molecule has 2 heterocycles. The van der Waals surface area contributed by atoms with Crippen molar-refractivity contribution in [1.29, 1.82) is 0 Å². The van der Waals surface area contributed by atoms with Gasteiger partial charge in [0, 0.05) is 12.1 Å². The van der Waals surface area contributed by atoms with Crippen LogP contribution in [0.15, 0.2) is 54.6 Å². The molecule has 3 aromatic rings. The van der Waals surface area contributed by atoms with Crippen LogP contribution in [0, 0.1) is 0 Å². The first-order valence-corrected chi connectivity index (χ1v) is 9.50. The molecule has 4 N–H and O–H groups in total. The quantitative estimate of drug-likeness (QED) is 0.598. The van der Waals surface area contributed by atoms with E-state index in [1.165, 1.54) is 18.2 Å². The van der Waals surface area contributed by atoms with Gasteiger partial charge in [-0.25, -0.2) is 0 Å². The fourth-order valence-electron chi connectivity index (χ4n) is 3.89. The number of aromatic nitrogens is 1. The highest BCUT2D eigenvalue weighted by atomic mass is 19.4. The molecule has 0 bridgehead atoms. The maximum absolute atomic E-state index is 13.3. The van der Waals surface area contributed by atoms with Crippen LogP contribution in [0.1, 0.15) is 28.5 Å². The summed E-state index contributed by atoms with van der Waals surface area (Å²) in [5, 5.41) is 12.5. The monoisotopic (exact) mass is 415 g/mol. The predicted molar refractivity (Wildman–Crippen MR) is 107 cm³/mol. The molecule has 1 unspecified atom stereocenters. The number of nitrogens with two attached hydrogens (primary N) is 1. The minimum atomic E-state index is -4.48. The van der Waals surface area contributed by atoms with E-state index < -0.39 is 11.7 Å². The number of hydrogen-bond donors (Lipinski definition) is 3. The van der Waals surface area contributed by atoms with E-state index in [0.717, 1.165) is 12.1 Å². The molecule has 1 aliphatic rings. The molecular formula is C22H20F3N3O2. The van der Waals surface area contributed by atoms with Crippen LogP contribution in [0.2, 0.25) is 0 Å². The fraction of sp³-hybridized carbons (Fsp3) is 0.227. The van der Waals surface area contributed by atoms with Gasteiger partial charge in [-0.1, -0.05) is 12.1 Å². The van der Waals surface area contributed by atoms with E-state index in [0.29, 0.717) is 47.6 Å². The van der Waals surface area contributed by atoms with E-state index in [4.69, 9.17) is 5.73 Å². The van der Waals surface area contributed by atoms with Crippen LogP contribution in [0.5, 0.6) is 5.75 Å². The van der Waals surface area contributed by atoms with Crippen molar-refractivity contribution in [3.63, 3.8) is 0 Å². The average Bonchev–Trinajstić information content (AvgIpc) is 3.12. The Balaban J connectivity index is 1.99. The molecule has 0 spiro atoms. The first kappa shape index (κ1) is 20.0. The molecule has 156 valence electrons. The van der Waals surface area contributed by atoms with Crippen molar-refractivity contribution in [2.24, 2.45) is 5.73 Å². The van der Waals surface area contributed by atoms with Crippen molar-refractivity contribution in [2.75, 3.05) is 13.1 Å². The van der Waals surface area contributed by atoms with Crippen LogP contribution in [0.4, 0.5) is 13.2 Å². The van der Waals surface area contributed by atoms with E-state index in [1.807, 2.05) is 4.57 Å². The standard InChI is InChI=1S/C22H20F3N3O2/c23-22(24,25)15-3-1-2-14(10-15)18-11-19-21(30)27-12-16(8-9-26)28(19)20(18)13-4-6-17(29)7-5-13/h1-7,10-11,16,29H,8-9,12,26H2,(H,27,30). The van der Waals surface area contributed by atoms with E-state index in [2.05, 4.69) is 5.32 Å². The Bertz CT molecular complexity index is 1090. The van der Waals surface area contributed by atoms with Gasteiger partial charge < -0.3 is 20.7 Å². The number of amides is 1. The largest absolute Gasteiger partial charge is 0.508 e. The molecule has 1 aromatic heterocycles. The van der Waals surface area contributed by atoms with Crippen molar-refractivity contribution in [3.8, 4) is 28.1 Å². The molecule has 0 fully saturated rings. The van der Waals surface area contributed by atoms with Crippen molar-refractivity contribution in [2.45, 2.75) is 18.6 Å². The van der Waals surface area contributed by atoms with Crippen molar-refractivity contribution in [1.82, 2.24) is 9.88 Å².